The molecular formula is C17H17NO. The van der Waals surface area contributed by atoms with Crippen molar-refractivity contribution in [3.63, 3.8) is 0 Å². The molecule has 1 heterocycles. The van der Waals surface area contributed by atoms with Crippen LogP contribution >= 0.6 is 0 Å². The Balaban J connectivity index is 2.34. The van der Waals surface area contributed by atoms with Gasteiger partial charge in [0.2, 0.25) is 0 Å². The Bertz CT molecular complexity index is 783. The van der Waals surface area contributed by atoms with E-state index in [0.29, 0.717) is 0 Å². The second-order valence-electron chi connectivity index (χ2n) is 5.19. The molecule has 2 aromatic rings. The molecular weight excluding hydrogens is 234 g/mol. The first-order valence-corrected chi connectivity index (χ1v) is 6.42. The number of ether oxygens (including phenoxy) is 1. The summed E-state index contributed by atoms with van der Waals surface area (Å²) in [6.45, 7) is 6.33. The van der Waals surface area contributed by atoms with Crippen LogP contribution in [0.2, 0.25) is 0 Å². The second kappa shape index (κ2) is 4.16. The molecule has 2 heteroatoms. The third-order valence-electron chi connectivity index (χ3n) is 3.59. The fraction of sp³-hybridized carbons (Fsp3) is 0.176. The molecule has 0 fully saturated rings. The van der Waals surface area contributed by atoms with E-state index in [-0.39, 0.29) is 0 Å². The van der Waals surface area contributed by atoms with E-state index in [9.17, 15) is 0 Å². The van der Waals surface area contributed by atoms with Crippen molar-refractivity contribution in [2.24, 2.45) is 0 Å². The van der Waals surface area contributed by atoms with Gasteiger partial charge in [0.1, 0.15) is 11.5 Å². The van der Waals surface area contributed by atoms with E-state index in [2.05, 4.69) is 39.0 Å². The molecule has 0 amide bonds. The van der Waals surface area contributed by atoms with Gasteiger partial charge in [0, 0.05) is 22.5 Å². The maximum absolute atomic E-state index is 6.01. The molecule has 2 aromatic carbocycles. The average molecular weight is 251 g/mol. The lowest BCUT2D eigenvalue weighted by Gasteiger charge is -2.19. The normalized spacial score (nSPS) is 12.5. The second-order valence-corrected chi connectivity index (χ2v) is 5.19. The van der Waals surface area contributed by atoms with E-state index in [4.69, 9.17) is 10.5 Å². The van der Waals surface area contributed by atoms with E-state index >= 15 is 0 Å². The van der Waals surface area contributed by atoms with Gasteiger partial charge < -0.3 is 10.5 Å². The van der Waals surface area contributed by atoms with Gasteiger partial charge in [-0.15, -0.1) is 0 Å². The SMILES string of the molecule is CC(C)=c1ccc2c(c1)Oc1cc(N)ccc1C=2C. The van der Waals surface area contributed by atoms with E-state index in [1.807, 2.05) is 18.2 Å². The lowest BCUT2D eigenvalue weighted by atomic mass is 9.99. The minimum absolute atomic E-state index is 0.726. The Morgan fingerprint density at radius 2 is 1.79 bits per heavy atom. The van der Waals surface area contributed by atoms with Gasteiger partial charge in [-0.1, -0.05) is 17.7 Å². The van der Waals surface area contributed by atoms with Crippen molar-refractivity contribution in [3.05, 3.63) is 52.4 Å². The number of hydrogen-bond acceptors (Lipinski definition) is 2. The highest BCUT2D eigenvalue weighted by Crippen LogP contribution is 2.33. The van der Waals surface area contributed by atoms with Crippen LogP contribution in [-0.2, 0) is 0 Å². The van der Waals surface area contributed by atoms with Gasteiger partial charge >= 0.3 is 0 Å². The highest BCUT2D eigenvalue weighted by atomic mass is 16.5. The summed E-state index contributed by atoms with van der Waals surface area (Å²) in [6.07, 6.45) is 0. The van der Waals surface area contributed by atoms with Crippen LogP contribution in [-0.4, -0.2) is 0 Å². The van der Waals surface area contributed by atoms with Crippen LogP contribution in [0.1, 0.15) is 26.3 Å². The standard InChI is InChI=1S/C17H17NO/c1-10(2)12-4-6-14-11(3)15-7-5-13(18)9-17(15)19-16(14)8-12/h4-9H,18H2,1-3H3. The van der Waals surface area contributed by atoms with E-state index in [1.165, 1.54) is 16.4 Å². The van der Waals surface area contributed by atoms with Crippen LogP contribution in [0, 0.1) is 0 Å². The Hall–Kier alpha value is -2.22. The fourth-order valence-corrected chi connectivity index (χ4v) is 2.42. The van der Waals surface area contributed by atoms with Crippen LogP contribution in [0.15, 0.2) is 36.4 Å². The molecule has 3 rings (SSSR count). The van der Waals surface area contributed by atoms with Crippen molar-refractivity contribution in [3.8, 4) is 11.5 Å². The van der Waals surface area contributed by atoms with Gasteiger partial charge in [0.15, 0.2) is 0 Å². The zero-order valence-corrected chi connectivity index (χ0v) is 11.4. The summed E-state index contributed by atoms with van der Waals surface area (Å²) >= 11 is 0. The molecule has 19 heavy (non-hydrogen) atoms. The number of rotatable bonds is 0. The molecule has 0 atom stereocenters. The number of benzene rings is 2. The van der Waals surface area contributed by atoms with Crippen molar-refractivity contribution in [2.45, 2.75) is 20.8 Å². The number of hydrogen-bond donors (Lipinski definition) is 1. The Morgan fingerprint density at radius 1 is 1.00 bits per heavy atom. The van der Waals surface area contributed by atoms with Crippen molar-refractivity contribution < 1.29 is 4.74 Å². The topological polar surface area (TPSA) is 35.2 Å². The molecule has 0 aliphatic carbocycles. The first kappa shape index (κ1) is 11.8. The first-order chi connectivity index (χ1) is 9.06. The number of anilines is 1. The first-order valence-electron chi connectivity index (χ1n) is 6.42. The van der Waals surface area contributed by atoms with Crippen LogP contribution in [0.25, 0.3) is 11.1 Å². The Labute approximate surface area is 112 Å². The summed E-state index contributed by atoms with van der Waals surface area (Å²) < 4.78 is 6.01. The molecule has 1 aliphatic rings. The summed E-state index contributed by atoms with van der Waals surface area (Å²) in [5, 5.41) is 2.36. The Kier molecular flexibility index (Phi) is 2.59. The van der Waals surface area contributed by atoms with Gasteiger partial charge in [0.05, 0.1) is 0 Å². The molecule has 2 nitrogen and oxygen atoms in total. The average Bonchev–Trinajstić information content (AvgIpc) is 2.37. The van der Waals surface area contributed by atoms with Crippen molar-refractivity contribution >= 4 is 16.8 Å². The highest BCUT2D eigenvalue weighted by molar-refractivity contribution is 5.74. The van der Waals surface area contributed by atoms with Crippen LogP contribution in [0.4, 0.5) is 5.69 Å². The summed E-state index contributed by atoms with van der Waals surface area (Å²) in [7, 11) is 0. The lowest BCUT2D eigenvalue weighted by molar-refractivity contribution is 0.472. The predicted octanol–water partition coefficient (Wildman–Crippen LogP) is 2.78. The maximum atomic E-state index is 6.01. The number of nitrogens with two attached hydrogens (primary N) is 1. The Morgan fingerprint density at radius 3 is 2.53 bits per heavy atom. The zero-order valence-electron chi connectivity index (χ0n) is 11.4. The van der Waals surface area contributed by atoms with Gasteiger partial charge in [0.25, 0.3) is 0 Å². The van der Waals surface area contributed by atoms with Crippen molar-refractivity contribution in [2.75, 3.05) is 5.73 Å². The lowest BCUT2D eigenvalue weighted by Crippen LogP contribution is -2.18. The molecule has 2 N–H and O–H groups in total. The van der Waals surface area contributed by atoms with Gasteiger partial charge in [-0.25, -0.2) is 0 Å². The van der Waals surface area contributed by atoms with Gasteiger partial charge in [-0.3, -0.25) is 0 Å². The molecule has 0 bridgehead atoms. The molecule has 0 spiro atoms. The van der Waals surface area contributed by atoms with E-state index in [1.54, 1.807) is 0 Å². The quantitative estimate of drug-likeness (QED) is 0.731. The summed E-state index contributed by atoms with van der Waals surface area (Å²) in [5.74, 6) is 1.75. The molecule has 0 aromatic heterocycles. The van der Waals surface area contributed by atoms with Gasteiger partial charge in [-0.05, 0) is 49.8 Å². The monoisotopic (exact) mass is 251 g/mol. The maximum Gasteiger partial charge on any atom is 0.137 e. The van der Waals surface area contributed by atoms with Crippen LogP contribution in [0.5, 0.6) is 11.5 Å². The van der Waals surface area contributed by atoms with Gasteiger partial charge in [-0.2, -0.15) is 0 Å². The van der Waals surface area contributed by atoms with E-state index in [0.717, 1.165) is 28.0 Å². The third-order valence-corrected chi connectivity index (χ3v) is 3.59. The van der Waals surface area contributed by atoms with E-state index < -0.39 is 0 Å². The largest absolute Gasteiger partial charge is 0.456 e. The highest BCUT2D eigenvalue weighted by Gasteiger charge is 2.15. The molecule has 1 aliphatic heterocycles. The molecule has 96 valence electrons. The summed E-state index contributed by atoms with van der Waals surface area (Å²) in [4.78, 5) is 0. The molecule has 0 saturated heterocycles. The van der Waals surface area contributed by atoms with Crippen molar-refractivity contribution in [1.29, 1.82) is 0 Å². The number of nitrogen functional groups attached to an aromatic ring is 1. The minimum atomic E-state index is 0.726. The molecule has 0 unspecified atom stereocenters. The van der Waals surface area contributed by atoms with Crippen LogP contribution < -0.4 is 20.9 Å². The van der Waals surface area contributed by atoms with Crippen LogP contribution in [0.3, 0.4) is 0 Å². The minimum Gasteiger partial charge on any atom is -0.456 e. The van der Waals surface area contributed by atoms with Crippen molar-refractivity contribution in [1.82, 2.24) is 0 Å². The fourth-order valence-electron chi connectivity index (χ4n) is 2.42. The number of fused-ring (bicyclic) bond motifs is 2. The third kappa shape index (κ3) is 1.89. The zero-order chi connectivity index (χ0) is 13.6. The predicted molar refractivity (Wildman–Crippen MR) is 79.6 cm³/mol. The molecule has 0 radical (unpaired) electrons. The summed E-state index contributed by atoms with van der Waals surface area (Å²) in [5.41, 5.74) is 10.2. The molecule has 0 saturated carbocycles. The smallest absolute Gasteiger partial charge is 0.137 e. The summed E-state index contributed by atoms with van der Waals surface area (Å²) in [6, 6.07) is 12.2.